The molecule has 1 heterocycles. The Morgan fingerprint density at radius 3 is 2.36 bits per heavy atom. The summed E-state index contributed by atoms with van der Waals surface area (Å²) < 4.78 is 37.1. The van der Waals surface area contributed by atoms with Crippen LogP contribution in [0.1, 0.15) is 65.2 Å². The molecule has 1 atom stereocenters. The Hall–Kier alpha value is -4.39. The third-order valence-electron chi connectivity index (χ3n) is 7.46. The molecule has 0 aliphatic carbocycles. The Morgan fingerprint density at radius 2 is 1.73 bits per heavy atom. The van der Waals surface area contributed by atoms with Crippen molar-refractivity contribution < 1.29 is 33.0 Å². The van der Waals surface area contributed by atoms with Crippen molar-refractivity contribution >= 4 is 22.0 Å². The lowest BCUT2D eigenvalue weighted by molar-refractivity contribution is -0.158. The van der Waals surface area contributed by atoms with Crippen LogP contribution >= 0.6 is 0 Å². The summed E-state index contributed by atoms with van der Waals surface area (Å²) in [6.07, 6.45) is 0.828. The van der Waals surface area contributed by atoms with Crippen LogP contribution in [0.2, 0.25) is 0 Å². The van der Waals surface area contributed by atoms with Crippen molar-refractivity contribution in [1.29, 1.82) is 0 Å². The minimum atomic E-state index is -4.16. The fourth-order valence-electron chi connectivity index (χ4n) is 4.73. The maximum absolute atomic E-state index is 14.0. The van der Waals surface area contributed by atoms with Crippen molar-refractivity contribution in [3.63, 3.8) is 0 Å². The Kier molecular flexibility index (Phi) is 9.98. The van der Waals surface area contributed by atoms with Crippen LogP contribution in [0, 0.1) is 12.3 Å². The summed E-state index contributed by atoms with van der Waals surface area (Å²) >= 11 is 0. The van der Waals surface area contributed by atoms with Crippen molar-refractivity contribution in [2.24, 2.45) is 5.41 Å². The zero-order valence-electron chi connectivity index (χ0n) is 25.0. The van der Waals surface area contributed by atoms with E-state index in [2.05, 4.69) is 10.3 Å². The van der Waals surface area contributed by atoms with Crippen LogP contribution in [0.3, 0.4) is 0 Å². The number of carboxylic acid groups (broad SMARTS) is 2. The van der Waals surface area contributed by atoms with E-state index in [1.807, 2.05) is 50.2 Å². The van der Waals surface area contributed by atoms with Gasteiger partial charge in [0.05, 0.1) is 34.8 Å². The highest BCUT2D eigenvalue weighted by atomic mass is 32.2. The van der Waals surface area contributed by atoms with Crippen LogP contribution in [0.4, 0.5) is 0 Å². The van der Waals surface area contributed by atoms with Gasteiger partial charge in [0.25, 0.3) is 0 Å². The van der Waals surface area contributed by atoms with Crippen molar-refractivity contribution in [2.75, 3.05) is 0 Å². The lowest BCUT2D eigenvalue weighted by Gasteiger charge is -2.31. The second kappa shape index (κ2) is 13.5. The van der Waals surface area contributed by atoms with E-state index in [4.69, 9.17) is 4.74 Å². The van der Waals surface area contributed by atoms with Gasteiger partial charge in [-0.1, -0.05) is 59.8 Å². The van der Waals surface area contributed by atoms with Gasteiger partial charge in [0.15, 0.2) is 0 Å². The first-order valence-electron chi connectivity index (χ1n) is 14.0. The van der Waals surface area contributed by atoms with Crippen molar-refractivity contribution in [3.8, 4) is 0 Å². The highest BCUT2D eigenvalue weighted by molar-refractivity contribution is 7.89. The second-order valence-corrected chi connectivity index (χ2v) is 13.0. The highest BCUT2D eigenvalue weighted by Gasteiger charge is 2.39. The molecule has 1 unspecified atom stereocenters. The van der Waals surface area contributed by atoms with Gasteiger partial charge in [0, 0.05) is 19.6 Å². The maximum atomic E-state index is 14.0. The van der Waals surface area contributed by atoms with E-state index in [-0.39, 0.29) is 30.2 Å². The molecule has 0 amide bonds. The molecule has 0 aliphatic rings. The first-order valence-corrected chi connectivity index (χ1v) is 15.5. The van der Waals surface area contributed by atoms with E-state index in [0.717, 1.165) is 17.2 Å². The van der Waals surface area contributed by atoms with Gasteiger partial charge >= 0.3 is 11.9 Å². The van der Waals surface area contributed by atoms with Gasteiger partial charge in [0.2, 0.25) is 10.0 Å². The Balaban J connectivity index is 1.73. The number of hydrogen-bond donors (Lipinski definition) is 2. The van der Waals surface area contributed by atoms with Crippen LogP contribution in [0.25, 0.3) is 0 Å². The number of nitrogens with zero attached hydrogens (tertiary/aromatic N) is 4. The number of aliphatic carboxylic acids is 1. The lowest BCUT2D eigenvalue weighted by Crippen LogP contribution is -2.33. The fraction of sp³-hybridized carbons (Fsp3) is 0.312. The number of benzene rings is 3. The van der Waals surface area contributed by atoms with Crippen molar-refractivity contribution in [3.05, 3.63) is 113 Å². The van der Waals surface area contributed by atoms with E-state index >= 15 is 0 Å². The second-order valence-electron chi connectivity index (χ2n) is 11.1. The largest absolute Gasteiger partial charge is 0.481 e. The van der Waals surface area contributed by atoms with Gasteiger partial charge < -0.3 is 14.9 Å². The summed E-state index contributed by atoms with van der Waals surface area (Å²) in [5.41, 5.74) is 1.80. The zero-order valence-corrected chi connectivity index (χ0v) is 25.9. The van der Waals surface area contributed by atoms with Gasteiger partial charge in [-0.25, -0.2) is 13.2 Å². The van der Waals surface area contributed by atoms with Crippen LogP contribution in [0.15, 0.2) is 83.9 Å². The van der Waals surface area contributed by atoms with Gasteiger partial charge in [-0.05, 0) is 68.1 Å². The topological polar surface area (TPSA) is 152 Å². The number of sulfonamides is 1. The fourth-order valence-corrected chi connectivity index (χ4v) is 6.18. The van der Waals surface area contributed by atoms with Gasteiger partial charge in [0.1, 0.15) is 5.69 Å². The van der Waals surface area contributed by atoms with E-state index in [9.17, 15) is 28.2 Å². The normalized spacial score (nSPS) is 12.8. The predicted octanol–water partition coefficient (Wildman–Crippen LogP) is 5.06. The van der Waals surface area contributed by atoms with Gasteiger partial charge in [-0.2, -0.15) is 4.31 Å². The molecule has 0 fully saturated rings. The number of ether oxygens (including phenoxy) is 1. The number of aromatic carboxylic acids is 1. The molecule has 4 rings (SSSR count). The molecule has 12 heteroatoms. The Bertz CT molecular complexity index is 1740. The number of aryl methyl sites for hydroxylation is 2. The third-order valence-corrected chi connectivity index (χ3v) is 9.25. The molecular formula is C32H36N4O7S. The van der Waals surface area contributed by atoms with Crippen LogP contribution in [-0.2, 0) is 45.8 Å². The number of hydrogen-bond acceptors (Lipinski definition) is 7. The molecule has 2 N–H and O–H groups in total. The Morgan fingerprint density at radius 1 is 1.00 bits per heavy atom. The molecule has 0 saturated heterocycles. The quantitative estimate of drug-likeness (QED) is 0.197. The highest BCUT2D eigenvalue weighted by Crippen LogP contribution is 2.38. The smallest absolute Gasteiger partial charge is 0.335 e. The van der Waals surface area contributed by atoms with Crippen LogP contribution in [-0.4, -0.2) is 49.9 Å². The summed E-state index contributed by atoms with van der Waals surface area (Å²) in [4.78, 5) is 23.8. The van der Waals surface area contributed by atoms with Gasteiger partial charge in [-0.3, -0.25) is 9.48 Å². The average Bonchev–Trinajstić information content (AvgIpc) is 3.47. The Labute approximate surface area is 256 Å². The van der Waals surface area contributed by atoms with Crippen LogP contribution in [0.5, 0.6) is 0 Å². The number of carboxylic acids is 2. The molecule has 0 saturated carbocycles. The molecule has 0 spiro atoms. The molecule has 0 radical (unpaired) electrons. The van der Waals surface area contributed by atoms with Crippen LogP contribution < -0.4 is 0 Å². The molecule has 4 aromatic rings. The minimum Gasteiger partial charge on any atom is -0.481 e. The molecular weight excluding hydrogens is 584 g/mol. The molecule has 3 aromatic carbocycles. The molecule has 11 nitrogen and oxygen atoms in total. The first kappa shape index (κ1) is 32.5. The van der Waals surface area contributed by atoms with Gasteiger partial charge in [-0.15, -0.1) is 5.10 Å². The first-order chi connectivity index (χ1) is 20.8. The van der Waals surface area contributed by atoms with E-state index in [0.29, 0.717) is 23.4 Å². The average molecular weight is 621 g/mol. The summed E-state index contributed by atoms with van der Waals surface area (Å²) in [5, 5.41) is 27.7. The SMILES string of the molecule is CCn1cc(COC(c2ccc(C)c(CN(Cc3ccccc3)S(=O)(=O)c3cccc(C(=O)O)c3)c2)C(C)(C)C(=O)O)nn1. The minimum absolute atomic E-state index is 0.0256. The van der Waals surface area contributed by atoms with Crippen molar-refractivity contribution in [1.82, 2.24) is 19.3 Å². The van der Waals surface area contributed by atoms with E-state index in [1.54, 1.807) is 36.9 Å². The van der Waals surface area contributed by atoms with Crippen molar-refractivity contribution in [2.45, 2.75) is 64.9 Å². The number of rotatable bonds is 14. The maximum Gasteiger partial charge on any atom is 0.335 e. The zero-order chi connectivity index (χ0) is 32.1. The predicted molar refractivity (Wildman–Crippen MR) is 162 cm³/mol. The molecule has 232 valence electrons. The molecule has 0 bridgehead atoms. The summed E-state index contributed by atoms with van der Waals surface area (Å²) in [6.45, 7) is 7.54. The van der Waals surface area contributed by atoms with E-state index < -0.39 is 33.5 Å². The molecule has 0 aliphatic heterocycles. The number of carbonyl (C=O) groups is 2. The molecule has 1 aromatic heterocycles. The lowest BCUT2D eigenvalue weighted by atomic mass is 9.81. The number of aromatic nitrogens is 3. The standard InChI is InChI=1S/C32H36N4O7S/c1-5-35-20-27(33-34-35)21-43-29(32(3,4)31(39)40)24-15-14-22(2)26(16-24)19-36(18-23-10-7-6-8-11-23)44(41,42)28-13-9-12-25(17-28)30(37)38/h6-17,20,29H,5,18-19,21H2,1-4H3,(H,37,38)(H,39,40). The third kappa shape index (κ3) is 7.39. The summed E-state index contributed by atoms with van der Waals surface area (Å²) in [5.74, 6) is -2.29. The van der Waals surface area contributed by atoms with E-state index in [1.165, 1.54) is 22.5 Å². The monoisotopic (exact) mass is 620 g/mol. The summed E-state index contributed by atoms with van der Waals surface area (Å²) in [6, 6.07) is 19.7. The summed E-state index contributed by atoms with van der Waals surface area (Å²) in [7, 11) is -4.16. The molecule has 44 heavy (non-hydrogen) atoms.